The first-order valence-corrected chi connectivity index (χ1v) is 20.0. The molecular weight excluding hydrogens is 435 g/mol. The molecular formula is C25H50OSn. The number of hydrogen-bond acceptors (Lipinski definition) is 1. The van der Waals surface area contributed by atoms with E-state index >= 15 is 0 Å². The maximum absolute atomic E-state index is 6.48. The molecule has 1 rings (SSSR count). The molecule has 0 unspecified atom stereocenters. The van der Waals surface area contributed by atoms with Gasteiger partial charge in [-0.2, -0.15) is 0 Å². The predicted molar refractivity (Wildman–Crippen MR) is 125 cm³/mol. The molecule has 0 spiro atoms. The number of hydrogen-bond donors (Lipinski definition) is 0. The van der Waals surface area contributed by atoms with Crippen LogP contribution in [0, 0.1) is 17.8 Å². The normalized spacial score (nSPS) is 24.2. The summed E-state index contributed by atoms with van der Waals surface area (Å²) >= 11 is -2.12. The van der Waals surface area contributed by atoms with E-state index in [-0.39, 0.29) is 0 Å². The van der Waals surface area contributed by atoms with Crippen molar-refractivity contribution in [2.45, 2.75) is 119 Å². The van der Waals surface area contributed by atoms with E-state index in [4.69, 9.17) is 4.74 Å². The van der Waals surface area contributed by atoms with Gasteiger partial charge in [0.2, 0.25) is 0 Å². The molecule has 27 heavy (non-hydrogen) atoms. The average Bonchev–Trinajstić information content (AvgIpc) is 2.65. The van der Waals surface area contributed by atoms with Crippen molar-refractivity contribution in [3.8, 4) is 0 Å². The maximum atomic E-state index is 6.48. The fourth-order valence-corrected chi connectivity index (χ4v) is 19.3. The van der Waals surface area contributed by atoms with Crippen LogP contribution in [0.2, 0.25) is 13.3 Å². The van der Waals surface area contributed by atoms with Crippen LogP contribution in [0.1, 0.15) is 99.3 Å². The quantitative estimate of drug-likeness (QED) is 0.225. The Kier molecular flexibility index (Phi) is 13.7. The zero-order valence-corrected chi connectivity index (χ0v) is 22.4. The molecule has 0 radical (unpaired) electrons. The van der Waals surface area contributed by atoms with Gasteiger partial charge in [-0.1, -0.05) is 0 Å². The summed E-state index contributed by atoms with van der Waals surface area (Å²) in [5.41, 5.74) is 0. The van der Waals surface area contributed by atoms with Crippen molar-refractivity contribution >= 4 is 18.4 Å². The molecule has 0 aliphatic heterocycles. The van der Waals surface area contributed by atoms with Gasteiger partial charge in [0.25, 0.3) is 0 Å². The summed E-state index contributed by atoms with van der Waals surface area (Å²) in [4.78, 5) is 0. The fourth-order valence-electron chi connectivity index (χ4n) is 5.00. The second kappa shape index (κ2) is 14.5. The van der Waals surface area contributed by atoms with Gasteiger partial charge in [0.05, 0.1) is 0 Å². The second-order valence-corrected chi connectivity index (χ2v) is 22.8. The summed E-state index contributed by atoms with van der Waals surface area (Å²) in [5.74, 6) is 2.36. The summed E-state index contributed by atoms with van der Waals surface area (Å²) in [6.07, 6.45) is 15.4. The van der Waals surface area contributed by atoms with E-state index in [1.54, 1.807) is 13.3 Å². The van der Waals surface area contributed by atoms with Crippen LogP contribution in [0.5, 0.6) is 0 Å². The molecule has 0 saturated heterocycles. The van der Waals surface area contributed by atoms with Gasteiger partial charge in [0.15, 0.2) is 0 Å². The zero-order valence-electron chi connectivity index (χ0n) is 19.6. The van der Waals surface area contributed by atoms with E-state index in [1.165, 1.54) is 57.8 Å². The first kappa shape index (κ1) is 25.5. The van der Waals surface area contributed by atoms with Crippen LogP contribution in [0.3, 0.4) is 0 Å². The van der Waals surface area contributed by atoms with E-state index in [0.717, 1.165) is 24.4 Å². The van der Waals surface area contributed by atoms with Crippen molar-refractivity contribution in [3.63, 3.8) is 0 Å². The molecule has 3 atom stereocenters. The molecule has 0 aromatic carbocycles. The first-order valence-electron chi connectivity index (χ1n) is 12.3. The van der Waals surface area contributed by atoms with Crippen molar-refractivity contribution < 1.29 is 4.74 Å². The summed E-state index contributed by atoms with van der Waals surface area (Å²) in [6.45, 7) is 15.1. The van der Waals surface area contributed by atoms with Gasteiger partial charge in [0, 0.05) is 0 Å². The number of unbranched alkanes of at least 4 members (excludes halogenated alkanes) is 3. The molecule has 1 saturated carbocycles. The van der Waals surface area contributed by atoms with E-state index in [2.05, 4.69) is 51.7 Å². The molecule has 2 heteroatoms. The van der Waals surface area contributed by atoms with Crippen LogP contribution in [0.15, 0.2) is 10.2 Å². The summed E-state index contributed by atoms with van der Waals surface area (Å²) in [6, 6.07) is 0. The predicted octanol–water partition coefficient (Wildman–Crippen LogP) is 8.41. The van der Waals surface area contributed by atoms with Crippen molar-refractivity contribution in [1.29, 1.82) is 0 Å². The molecule has 160 valence electrons. The number of ether oxygens (including phenoxy) is 1. The molecule has 0 bridgehead atoms. The Labute approximate surface area is 176 Å². The third kappa shape index (κ3) is 9.70. The van der Waals surface area contributed by atoms with Crippen LogP contribution in [-0.2, 0) is 4.74 Å². The average molecular weight is 485 g/mol. The van der Waals surface area contributed by atoms with Gasteiger partial charge >= 0.3 is 176 Å². The molecule has 0 amide bonds. The van der Waals surface area contributed by atoms with Crippen LogP contribution in [0.4, 0.5) is 0 Å². The topological polar surface area (TPSA) is 9.23 Å². The zero-order chi connectivity index (χ0) is 20.1. The minimum absolute atomic E-state index is 0.491. The Morgan fingerprint density at radius 3 is 1.96 bits per heavy atom. The van der Waals surface area contributed by atoms with E-state index in [1.807, 2.05) is 0 Å². The van der Waals surface area contributed by atoms with Crippen molar-refractivity contribution in [2.75, 3.05) is 6.61 Å². The SMILES string of the molecule is CCC[CH2][Sn](/[CH]=C/CO[C@@H]1C[C@H](C)CC[C@H]1C(C)C)([CH2]CCC)[CH2]CCC. The molecule has 0 heterocycles. The number of rotatable bonds is 14. The summed E-state index contributed by atoms with van der Waals surface area (Å²) in [7, 11) is 0. The van der Waals surface area contributed by atoms with Gasteiger partial charge in [-0.3, -0.25) is 0 Å². The van der Waals surface area contributed by atoms with Crippen molar-refractivity contribution in [3.05, 3.63) is 10.2 Å². The van der Waals surface area contributed by atoms with Gasteiger partial charge < -0.3 is 0 Å². The van der Waals surface area contributed by atoms with Gasteiger partial charge in [0.1, 0.15) is 0 Å². The van der Waals surface area contributed by atoms with Gasteiger partial charge in [-0.05, 0) is 0 Å². The van der Waals surface area contributed by atoms with E-state index in [0.29, 0.717) is 6.10 Å². The Balaban J connectivity index is 2.69. The first-order chi connectivity index (χ1) is 13.0. The van der Waals surface area contributed by atoms with Crippen LogP contribution >= 0.6 is 0 Å². The second-order valence-electron chi connectivity index (χ2n) is 9.77. The summed E-state index contributed by atoms with van der Waals surface area (Å²) < 4.78 is 14.0. The van der Waals surface area contributed by atoms with E-state index < -0.39 is 18.4 Å². The monoisotopic (exact) mass is 486 g/mol. The minimum atomic E-state index is -2.12. The summed E-state index contributed by atoms with van der Waals surface area (Å²) in [5, 5.41) is 0. The Hall–Kier alpha value is 0.499. The Bertz CT molecular complexity index is 368. The van der Waals surface area contributed by atoms with Crippen molar-refractivity contribution in [2.24, 2.45) is 17.8 Å². The Morgan fingerprint density at radius 2 is 1.48 bits per heavy atom. The van der Waals surface area contributed by atoms with Gasteiger partial charge in [-0.15, -0.1) is 0 Å². The molecule has 1 aliphatic rings. The molecule has 0 aromatic heterocycles. The van der Waals surface area contributed by atoms with Crippen LogP contribution < -0.4 is 0 Å². The van der Waals surface area contributed by atoms with E-state index in [9.17, 15) is 0 Å². The van der Waals surface area contributed by atoms with Crippen molar-refractivity contribution in [1.82, 2.24) is 0 Å². The molecule has 0 aromatic rings. The molecule has 0 N–H and O–H groups in total. The fraction of sp³-hybridized carbons (Fsp3) is 0.920. The Morgan fingerprint density at radius 1 is 0.926 bits per heavy atom. The third-order valence-corrected chi connectivity index (χ3v) is 21.2. The molecule has 1 aliphatic carbocycles. The van der Waals surface area contributed by atoms with Crippen LogP contribution in [0.25, 0.3) is 0 Å². The molecule has 1 nitrogen and oxygen atoms in total. The third-order valence-electron chi connectivity index (χ3n) is 6.92. The van der Waals surface area contributed by atoms with Gasteiger partial charge in [-0.25, -0.2) is 0 Å². The van der Waals surface area contributed by atoms with Crippen LogP contribution in [-0.4, -0.2) is 31.1 Å². The standard InChI is InChI=1S/C13H23O.3C4H9.Sn/c1-5-8-14-13-9-11(4)6-7-12(13)10(2)3;3*1-3-4-2;/h1,5,10-13H,6-9H2,2-4H3;3*1,3-4H2,2H3;/t11-,12+,13-;;;;/m1..../s1. The molecule has 1 fully saturated rings.